The minimum absolute atomic E-state index is 0.0948. The number of benzene rings is 1. The summed E-state index contributed by atoms with van der Waals surface area (Å²) in [4.78, 5) is 21.0. The Labute approximate surface area is 97.1 Å². The zero-order chi connectivity index (χ0) is 12.1. The van der Waals surface area contributed by atoms with Gasteiger partial charge in [-0.15, -0.1) is 0 Å². The summed E-state index contributed by atoms with van der Waals surface area (Å²) in [5.74, 6) is 0.0558. The van der Waals surface area contributed by atoms with Gasteiger partial charge in [-0.05, 0) is 6.07 Å². The third-order valence-electron chi connectivity index (χ3n) is 1.91. The van der Waals surface area contributed by atoms with Crippen molar-refractivity contribution in [3.8, 4) is 5.75 Å². The molecule has 0 spiro atoms. The molecular formula is C10H10ClNO4. The first-order valence-corrected chi connectivity index (χ1v) is 5.00. The van der Waals surface area contributed by atoms with Crippen molar-refractivity contribution in [3.05, 3.63) is 33.3 Å². The molecule has 0 radical (unpaired) electrons. The van der Waals surface area contributed by atoms with Gasteiger partial charge in [0.25, 0.3) is 5.69 Å². The summed E-state index contributed by atoms with van der Waals surface area (Å²) in [6, 6.07) is 3.84. The van der Waals surface area contributed by atoms with Crippen LogP contribution in [0.1, 0.15) is 13.3 Å². The van der Waals surface area contributed by atoms with E-state index in [1.807, 2.05) is 0 Å². The molecule has 0 saturated heterocycles. The molecule has 0 saturated carbocycles. The van der Waals surface area contributed by atoms with Crippen LogP contribution in [0.4, 0.5) is 5.69 Å². The van der Waals surface area contributed by atoms with Crippen LogP contribution in [0, 0.1) is 10.1 Å². The van der Waals surface area contributed by atoms with E-state index in [1.54, 1.807) is 6.92 Å². The largest absolute Gasteiger partial charge is 0.484 e. The van der Waals surface area contributed by atoms with Crippen molar-refractivity contribution in [1.29, 1.82) is 0 Å². The van der Waals surface area contributed by atoms with Crippen molar-refractivity contribution in [2.75, 3.05) is 6.61 Å². The normalized spacial score (nSPS) is 9.88. The van der Waals surface area contributed by atoms with Gasteiger partial charge in [0.1, 0.15) is 12.4 Å². The van der Waals surface area contributed by atoms with Crippen LogP contribution < -0.4 is 4.74 Å². The number of hydrogen-bond donors (Lipinski definition) is 0. The van der Waals surface area contributed by atoms with Gasteiger partial charge in [0, 0.05) is 12.5 Å². The zero-order valence-electron chi connectivity index (χ0n) is 8.60. The van der Waals surface area contributed by atoms with Crippen molar-refractivity contribution in [3.63, 3.8) is 0 Å². The number of carbonyl (C=O) groups excluding carboxylic acids is 1. The van der Waals surface area contributed by atoms with E-state index in [1.165, 1.54) is 18.2 Å². The molecule has 6 heteroatoms. The molecule has 5 nitrogen and oxygen atoms in total. The van der Waals surface area contributed by atoms with Crippen LogP contribution >= 0.6 is 11.6 Å². The maximum atomic E-state index is 11.0. The molecule has 0 aliphatic carbocycles. The Kier molecular flexibility index (Phi) is 4.25. The number of nitrogens with zero attached hydrogens (tertiary/aromatic N) is 1. The average molecular weight is 244 g/mol. The lowest BCUT2D eigenvalue weighted by molar-refractivity contribution is -0.384. The monoisotopic (exact) mass is 243 g/mol. The molecule has 0 aromatic heterocycles. The van der Waals surface area contributed by atoms with Gasteiger partial charge < -0.3 is 4.74 Å². The predicted molar refractivity (Wildman–Crippen MR) is 58.9 cm³/mol. The van der Waals surface area contributed by atoms with Crippen LogP contribution in [0.5, 0.6) is 5.75 Å². The molecule has 0 heterocycles. The molecule has 1 aromatic carbocycles. The SMILES string of the molecule is CCC(=O)COc1cc([N+](=O)[O-])ccc1Cl. The van der Waals surface area contributed by atoms with E-state index < -0.39 is 4.92 Å². The van der Waals surface area contributed by atoms with Crippen LogP contribution in [-0.2, 0) is 4.79 Å². The highest BCUT2D eigenvalue weighted by molar-refractivity contribution is 6.32. The number of ketones is 1. The lowest BCUT2D eigenvalue weighted by Crippen LogP contribution is -2.09. The van der Waals surface area contributed by atoms with Crippen LogP contribution in [0.15, 0.2) is 18.2 Å². The highest BCUT2D eigenvalue weighted by Crippen LogP contribution is 2.28. The molecule has 0 aliphatic heterocycles. The molecular weight excluding hydrogens is 234 g/mol. The Bertz CT molecular complexity index is 419. The minimum Gasteiger partial charge on any atom is -0.484 e. The van der Waals surface area contributed by atoms with E-state index in [2.05, 4.69) is 0 Å². The molecule has 1 rings (SSSR count). The number of carbonyl (C=O) groups is 1. The first-order valence-electron chi connectivity index (χ1n) is 4.63. The van der Waals surface area contributed by atoms with Gasteiger partial charge in [0.2, 0.25) is 0 Å². The molecule has 0 aliphatic rings. The van der Waals surface area contributed by atoms with Crippen LogP contribution in [0.2, 0.25) is 5.02 Å². The number of nitro benzene ring substituents is 1. The van der Waals surface area contributed by atoms with E-state index in [9.17, 15) is 14.9 Å². The number of Topliss-reactive ketones (excluding diaryl/α,β-unsaturated/α-hetero) is 1. The fourth-order valence-electron chi connectivity index (χ4n) is 0.977. The smallest absolute Gasteiger partial charge is 0.273 e. The van der Waals surface area contributed by atoms with E-state index in [-0.39, 0.29) is 28.8 Å². The van der Waals surface area contributed by atoms with Gasteiger partial charge >= 0.3 is 0 Å². The highest BCUT2D eigenvalue weighted by atomic mass is 35.5. The van der Waals surface area contributed by atoms with E-state index in [0.717, 1.165) is 0 Å². The summed E-state index contributed by atoms with van der Waals surface area (Å²) >= 11 is 5.77. The second-order valence-electron chi connectivity index (χ2n) is 3.05. The van der Waals surface area contributed by atoms with Crippen LogP contribution in [0.3, 0.4) is 0 Å². The molecule has 16 heavy (non-hydrogen) atoms. The lowest BCUT2D eigenvalue weighted by atomic mass is 10.3. The third-order valence-corrected chi connectivity index (χ3v) is 2.22. The summed E-state index contributed by atoms with van der Waals surface area (Å²) in [6.45, 7) is 1.58. The maximum Gasteiger partial charge on any atom is 0.273 e. The van der Waals surface area contributed by atoms with Gasteiger partial charge in [-0.2, -0.15) is 0 Å². The Morgan fingerprint density at radius 2 is 2.25 bits per heavy atom. The summed E-state index contributed by atoms with van der Waals surface area (Å²) in [5, 5.41) is 10.7. The van der Waals surface area contributed by atoms with Gasteiger partial charge in [-0.1, -0.05) is 18.5 Å². The maximum absolute atomic E-state index is 11.0. The molecule has 86 valence electrons. The molecule has 0 amide bonds. The molecule has 1 aromatic rings. The van der Waals surface area contributed by atoms with Crippen molar-refractivity contribution in [2.45, 2.75) is 13.3 Å². The summed E-state index contributed by atoms with van der Waals surface area (Å²) < 4.78 is 5.09. The quantitative estimate of drug-likeness (QED) is 0.589. The molecule has 0 atom stereocenters. The van der Waals surface area contributed by atoms with E-state index in [0.29, 0.717) is 6.42 Å². The standard InChI is InChI=1S/C10H10ClNO4/c1-2-8(13)6-16-10-5-7(12(14)15)3-4-9(10)11/h3-5H,2,6H2,1H3. The first kappa shape index (κ1) is 12.4. The molecule has 0 bridgehead atoms. The zero-order valence-corrected chi connectivity index (χ0v) is 9.36. The topological polar surface area (TPSA) is 69.4 Å². The number of non-ortho nitro benzene ring substituents is 1. The second kappa shape index (κ2) is 5.46. The fourth-order valence-corrected chi connectivity index (χ4v) is 1.15. The number of nitro groups is 1. The molecule has 0 unspecified atom stereocenters. The number of ether oxygens (including phenoxy) is 1. The van der Waals surface area contributed by atoms with Crippen molar-refractivity contribution < 1.29 is 14.5 Å². The van der Waals surface area contributed by atoms with Crippen molar-refractivity contribution >= 4 is 23.1 Å². The summed E-state index contributed by atoms with van der Waals surface area (Å²) in [7, 11) is 0. The Balaban J connectivity index is 2.82. The first-order chi connectivity index (χ1) is 7.54. The van der Waals surface area contributed by atoms with Crippen molar-refractivity contribution in [1.82, 2.24) is 0 Å². The highest BCUT2D eigenvalue weighted by Gasteiger charge is 2.11. The van der Waals surface area contributed by atoms with E-state index >= 15 is 0 Å². The fraction of sp³-hybridized carbons (Fsp3) is 0.300. The number of rotatable bonds is 5. The minimum atomic E-state index is -0.551. The van der Waals surface area contributed by atoms with Crippen LogP contribution in [-0.4, -0.2) is 17.3 Å². The lowest BCUT2D eigenvalue weighted by Gasteiger charge is -2.06. The van der Waals surface area contributed by atoms with Gasteiger partial charge in [0.05, 0.1) is 16.0 Å². The Hall–Kier alpha value is -1.62. The van der Waals surface area contributed by atoms with Crippen molar-refractivity contribution in [2.24, 2.45) is 0 Å². The molecule has 0 fully saturated rings. The molecule has 0 N–H and O–H groups in total. The number of hydrogen-bond acceptors (Lipinski definition) is 4. The Morgan fingerprint density at radius 1 is 1.56 bits per heavy atom. The average Bonchev–Trinajstić information content (AvgIpc) is 2.27. The summed E-state index contributed by atoms with van der Waals surface area (Å²) in [6.07, 6.45) is 0.354. The number of halogens is 1. The van der Waals surface area contributed by atoms with Gasteiger partial charge in [-0.3, -0.25) is 14.9 Å². The van der Waals surface area contributed by atoms with Gasteiger partial charge in [0.15, 0.2) is 5.78 Å². The second-order valence-corrected chi connectivity index (χ2v) is 3.46. The summed E-state index contributed by atoms with van der Waals surface area (Å²) in [5.41, 5.74) is -0.122. The van der Waals surface area contributed by atoms with Gasteiger partial charge in [-0.25, -0.2) is 0 Å². The third kappa shape index (κ3) is 3.20. The van der Waals surface area contributed by atoms with Crippen LogP contribution in [0.25, 0.3) is 0 Å². The predicted octanol–water partition coefficient (Wildman–Crippen LogP) is 2.61. The van der Waals surface area contributed by atoms with E-state index in [4.69, 9.17) is 16.3 Å². The Morgan fingerprint density at radius 3 is 2.81 bits per heavy atom.